The molecule has 2 N–H and O–H groups in total. The molecule has 9 heteroatoms. The Hall–Kier alpha value is -2.81. The number of aromatic nitrogens is 1. The van der Waals surface area contributed by atoms with Gasteiger partial charge in [0.2, 0.25) is 0 Å². The molecule has 1 amide bonds. The molecule has 8 nitrogen and oxygen atoms in total. The van der Waals surface area contributed by atoms with Crippen LogP contribution in [0.5, 0.6) is 5.75 Å². The molecule has 2 heterocycles. The predicted molar refractivity (Wildman–Crippen MR) is 103 cm³/mol. The van der Waals surface area contributed by atoms with Gasteiger partial charge >= 0.3 is 6.09 Å². The summed E-state index contributed by atoms with van der Waals surface area (Å²) < 4.78 is 29.3. The molecular formula is C19H22N2O6S. The van der Waals surface area contributed by atoms with Gasteiger partial charge in [-0.3, -0.25) is 4.79 Å². The second-order valence-electron chi connectivity index (χ2n) is 6.93. The number of hydrogen-bond donors (Lipinski definition) is 2. The van der Waals surface area contributed by atoms with Crippen LogP contribution in [-0.4, -0.2) is 54.4 Å². The normalized spacial score (nSPS) is 20.0. The lowest BCUT2D eigenvalue weighted by Gasteiger charge is -2.36. The Morgan fingerprint density at radius 3 is 2.50 bits per heavy atom. The van der Waals surface area contributed by atoms with Gasteiger partial charge in [0.15, 0.2) is 9.84 Å². The van der Waals surface area contributed by atoms with E-state index in [1.54, 1.807) is 18.2 Å². The first kappa shape index (κ1) is 19.9. The van der Waals surface area contributed by atoms with Gasteiger partial charge in [-0.05, 0) is 30.7 Å². The number of nitrogens with one attached hydrogen (secondary N) is 1. The number of ether oxygens (including phenoxy) is 1. The lowest BCUT2D eigenvalue weighted by Crippen LogP contribution is -2.46. The summed E-state index contributed by atoms with van der Waals surface area (Å²) in [4.78, 5) is 27.8. The van der Waals surface area contributed by atoms with Gasteiger partial charge in [-0.1, -0.05) is 12.1 Å². The number of rotatable bonds is 4. The highest BCUT2D eigenvalue weighted by Crippen LogP contribution is 2.30. The number of pyridine rings is 1. The lowest BCUT2D eigenvalue weighted by atomic mass is 10.0. The molecule has 28 heavy (non-hydrogen) atoms. The van der Waals surface area contributed by atoms with Crippen LogP contribution < -0.4 is 10.3 Å². The van der Waals surface area contributed by atoms with Crippen molar-refractivity contribution in [3.05, 3.63) is 46.9 Å². The fourth-order valence-corrected chi connectivity index (χ4v) is 4.03. The molecule has 0 aliphatic carbocycles. The van der Waals surface area contributed by atoms with Gasteiger partial charge in [0.25, 0.3) is 5.56 Å². The number of hydrogen-bond acceptors (Lipinski definition) is 5. The zero-order valence-corrected chi connectivity index (χ0v) is 16.4. The van der Waals surface area contributed by atoms with Gasteiger partial charge in [0, 0.05) is 37.9 Å². The Labute approximate surface area is 162 Å². The minimum Gasteiger partial charge on any atom is -0.489 e. The summed E-state index contributed by atoms with van der Waals surface area (Å²) in [5.41, 5.74) is 0.511. The minimum atomic E-state index is -3.33. The highest BCUT2D eigenvalue weighted by Gasteiger charge is 2.30. The van der Waals surface area contributed by atoms with E-state index in [-0.39, 0.29) is 22.6 Å². The van der Waals surface area contributed by atoms with Crippen molar-refractivity contribution in [3.63, 3.8) is 0 Å². The number of aromatic amines is 1. The Morgan fingerprint density at radius 2 is 1.93 bits per heavy atom. The van der Waals surface area contributed by atoms with E-state index in [9.17, 15) is 23.1 Å². The number of likely N-dealkylation sites (tertiary alicyclic amines) is 1. The van der Waals surface area contributed by atoms with Crippen molar-refractivity contribution in [2.45, 2.75) is 36.8 Å². The lowest BCUT2D eigenvalue weighted by molar-refractivity contribution is 0.0606. The molecule has 3 rings (SSSR count). The summed E-state index contributed by atoms with van der Waals surface area (Å²) in [6.45, 7) is 2.19. The first-order valence-electron chi connectivity index (χ1n) is 8.85. The maximum atomic E-state index is 12.4. The number of benzene rings is 1. The molecule has 1 aliphatic rings. The summed E-state index contributed by atoms with van der Waals surface area (Å²) in [5.74, 6) is 0.386. The van der Waals surface area contributed by atoms with Crippen LogP contribution in [0.2, 0.25) is 0 Å². The maximum Gasteiger partial charge on any atom is 0.407 e. The van der Waals surface area contributed by atoms with E-state index in [0.717, 1.165) is 6.26 Å². The molecule has 2 atom stereocenters. The van der Waals surface area contributed by atoms with Crippen LogP contribution in [0.3, 0.4) is 0 Å². The Bertz CT molecular complexity index is 1030. The molecule has 150 valence electrons. The fourth-order valence-electron chi connectivity index (χ4n) is 3.40. The zero-order valence-electron chi connectivity index (χ0n) is 15.6. The monoisotopic (exact) mass is 406 g/mol. The van der Waals surface area contributed by atoms with E-state index >= 15 is 0 Å². The summed E-state index contributed by atoms with van der Waals surface area (Å²) in [7, 11) is -3.33. The van der Waals surface area contributed by atoms with Gasteiger partial charge in [-0.25, -0.2) is 13.2 Å². The quantitative estimate of drug-likeness (QED) is 0.805. The van der Waals surface area contributed by atoms with Crippen molar-refractivity contribution >= 4 is 15.9 Å². The van der Waals surface area contributed by atoms with E-state index in [4.69, 9.17) is 4.74 Å². The average molecular weight is 406 g/mol. The molecule has 1 aliphatic heterocycles. The number of H-pyrrole nitrogens is 1. The molecule has 0 bridgehead atoms. The van der Waals surface area contributed by atoms with Gasteiger partial charge in [0.1, 0.15) is 11.9 Å². The first-order valence-corrected chi connectivity index (χ1v) is 10.7. The topological polar surface area (TPSA) is 117 Å². The molecule has 2 aromatic rings. The number of piperidine rings is 1. The van der Waals surface area contributed by atoms with Gasteiger partial charge in [-0.15, -0.1) is 0 Å². The Morgan fingerprint density at radius 1 is 1.25 bits per heavy atom. The van der Waals surface area contributed by atoms with Gasteiger partial charge < -0.3 is 19.7 Å². The van der Waals surface area contributed by atoms with Gasteiger partial charge in [-0.2, -0.15) is 0 Å². The Kier molecular flexibility index (Phi) is 5.46. The molecule has 1 aromatic carbocycles. The molecule has 2 unspecified atom stereocenters. The number of amides is 1. The summed E-state index contributed by atoms with van der Waals surface area (Å²) in [5, 5.41) is 9.19. The first-order chi connectivity index (χ1) is 13.2. The smallest absolute Gasteiger partial charge is 0.407 e. The van der Waals surface area contributed by atoms with Crippen LogP contribution in [0.15, 0.2) is 46.2 Å². The molecule has 0 radical (unpaired) electrons. The average Bonchev–Trinajstić information content (AvgIpc) is 2.61. The van der Waals surface area contributed by atoms with Gasteiger partial charge in [0.05, 0.1) is 10.5 Å². The number of carboxylic acid groups (broad SMARTS) is 1. The van der Waals surface area contributed by atoms with E-state index in [1.165, 1.54) is 23.2 Å². The maximum absolute atomic E-state index is 12.4. The second-order valence-corrected chi connectivity index (χ2v) is 8.95. The van der Waals surface area contributed by atoms with Crippen molar-refractivity contribution in [1.82, 2.24) is 9.88 Å². The third-order valence-electron chi connectivity index (χ3n) is 4.86. The highest BCUT2D eigenvalue weighted by molar-refractivity contribution is 7.90. The van der Waals surface area contributed by atoms with E-state index in [2.05, 4.69) is 4.98 Å². The van der Waals surface area contributed by atoms with Crippen LogP contribution in [0, 0.1) is 0 Å². The van der Waals surface area contributed by atoms with Crippen molar-refractivity contribution in [1.29, 1.82) is 0 Å². The summed E-state index contributed by atoms with van der Waals surface area (Å²) in [6.07, 6.45) is 2.48. The molecule has 1 aromatic heterocycles. The van der Waals surface area contributed by atoms with Crippen molar-refractivity contribution in [2.24, 2.45) is 0 Å². The standard InChI is InChI=1S/C19H22N2O6S/c1-12-11-14(8-10-21(12)19(23)24)27-16-7-9-20-18(22)17(16)13-3-5-15(6-4-13)28(2,25)26/h3-7,9,12,14H,8,10-11H2,1-2H3,(H,20,22)(H,23,24). The van der Waals surface area contributed by atoms with E-state index in [0.29, 0.717) is 36.3 Å². The highest BCUT2D eigenvalue weighted by atomic mass is 32.2. The van der Waals surface area contributed by atoms with Crippen LogP contribution in [-0.2, 0) is 9.84 Å². The molecule has 1 saturated heterocycles. The predicted octanol–water partition coefficient (Wildman–Crippen LogP) is 2.36. The van der Waals surface area contributed by atoms with Crippen molar-refractivity contribution in [2.75, 3.05) is 12.8 Å². The fraction of sp³-hybridized carbons (Fsp3) is 0.368. The number of nitrogens with zero attached hydrogens (tertiary/aromatic N) is 1. The number of sulfone groups is 1. The zero-order chi connectivity index (χ0) is 20.5. The summed E-state index contributed by atoms with van der Waals surface area (Å²) >= 11 is 0. The van der Waals surface area contributed by atoms with Crippen LogP contribution in [0.1, 0.15) is 19.8 Å². The summed E-state index contributed by atoms with van der Waals surface area (Å²) in [6, 6.07) is 7.51. The largest absolute Gasteiger partial charge is 0.489 e. The third kappa shape index (κ3) is 4.19. The van der Waals surface area contributed by atoms with E-state index in [1.807, 2.05) is 6.92 Å². The molecule has 1 fully saturated rings. The van der Waals surface area contributed by atoms with Crippen molar-refractivity contribution in [3.8, 4) is 16.9 Å². The number of carbonyl (C=O) groups is 1. The SMILES string of the molecule is CC1CC(Oc2cc[nH]c(=O)c2-c2ccc(S(C)(=O)=O)cc2)CCN1C(=O)O. The van der Waals surface area contributed by atoms with Crippen LogP contribution in [0.25, 0.3) is 11.1 Å². The third-order valence-corrected chi connectivity index (χ3v) is 5.99. The Balaban J connectivity index is 1.87. The second kappa shape index (κ2) is 7.67. The van der Waals surface area contributed by atoms with E-state index < -0.39 is 15.9 Å². The molecular weight excluding hydrogens is 384 g/mol. The van der Waals surface area contributed by atoms with Crippen LogP contribution >= 0.6 is 0 Å². The molecule has 0 spiro atoms. The minimum absolute atomic E-state index is 0.168. The van der Waals surface area contributed by atoms with Crippen molar-refractivity contribution < 1.29 is 23.1 Å². The van der Waals surface area contributed by atoms with Crippen LogP contribution in [0.4, 0.5) is 4.79 Å². The molecule has 0 saturated carbocycles.